The van der Waals surface area contributed by atoms with Crippen molar-refractivity contribution >= 4 is 39.6 Å². The van der Waals surface area contributed by atoms with E-state index in [0.717, 1.165) is 44.3 Å². The summed E-state index contributed by atoms with van der Waals surface area (Å²) in [5.74, 6) is 6.45. The van der Waals surface area contributed by atoms with Crippen molar-refractivity contribution in [2.75, 3.05) is 0 Å². The number of hydrogen-bond donors (Lipinski definition) is 0. The minimum absolute atomic E-state index is 0. The van der Waals surface area contributed by atoms with E-state index >= 15 is 0 Å². The molecule has 5 heteroatoms. The Balaban J connectivity index is 0.000000216. The van der Waals surface area contributed by atoms with E-state index in [4.69, 9.17) is 8.53 Å². The van der Waals surface area contributed by atoms with Gasteiger partial charge < -0.3 is 9.40 Å². The van der Waals surface area contributed by atoms with Crippen LogP contribution in [0.4, 0.5) is 0 Å². The molecule has 229 valence electrons. The van der Waals surface area contributed by atoms with E-state index in [9.17, 15) is 0 Å². The molecule has 0 aliphatic rings. The molecule has 0 unspecified atom stereocenters. The SMILES string of the molecule is [2H]C(C)(C)c1cc(-c2[c-]cccc2)nc[c]1[Ge]([CH3])([CH3])[CH3].[2H]C([2H])(c1ccnc(-c2[c-]ccc3c2oc2ccccc23)c1)C(C)(C)C.[Ir]. The normalized spacial score (nSPS) is 13.3. The first-order valence-corrected chi connectivity index (χ1v) is 22.1. The zero-order chi connectivity index (χ0) is 33.5. The first-order chi connectivity index (χ1) is 21.5. The molecule has 0 saturated carbocycles. The second-order valence-electron chi connectivity index (χ2n) is 13.1. The van der Waals surface area contributed by atoms with E-state index in [-0.39, 0.29) is 20.1 Å². The first kappa shape index (κ1) is 29.7. The van der Waals surface area contributed by atoms with Crippen molar-refractivity contribution in [2.24, 2.45) is 5.41 Å². The van der Waals surface area contributed by atoms with E-state index in [1.54, 1.807) is 12.3 Å². The monoisotopic (exact) mass is 824 g/mol. The summed E-state index contributed by atoms with van der Waals surface area (Å²) in [5.41, 5.74) is 6.08. The van der Waals surface area contributed by atoms with Gasteiger partial charge in [0.2, 0.25) is 0 Å². The van der Waals surface area contributed by atoms with Gasteiger partial charge in [0.1, 0.15) is 5.58 Å². The van der Waals surface area contributed by atoms with Crippen molar-refractivity contribution in [3.8, 4) is 22.5 Å². The molecule has 6 rings (SSSR count). The predicted molar refractivity (Wildman–Crippen MR) is 185 cm³/mol. The van der Waals surface area contributed by atoms with Crippen molar-refractivity contribution < 1.29 is 28.6 Å². The van der Waals surface area contributed by atoms with Crippen LogP contribution < -0.4 is 4.40 Å². The number of fused-ring (bicyclic) bond motifs is 3. The van der Waals surface area contributed by atoms with Gasteiger partial charge in [-0.1, -0.05) is 61.5 Å². The van der Waals surface area contributed by atoms with Crippen LogP contribution in [0.1, 0.15) is 55.8 Å². The van der Waals surface area contributed by atoms with Crippen LogP contribution in [0.15, 0.2) is 95.7 Å². The fourth-order valence-corrected chi connectivity index (χ4v) is 8.44. The maximum atomic E-state index is 8.53. The van der Waals surface area contributed by atoms with Gasteiger partial charge in [-0.05, 0) is 29.6 Å². The molecular weight excluding hydrogens is 777 g/mol. The molecule has 44 heavy (non-hydrogen) atoms. The summed E-state index contributed by atoms with van der Waals surface area (Å²) >= 11 is -2.03. The fraction of sp³-hybridized carbons (Fsp3) is 0.282. The third-order valence-corrected chi connectivity index (χ3v) is 11.3. The second kappa shape index (κ2) is 13.9. The average Bonchev–Trinajstić information content (AvgIpc) is 3.39. The topological polar surface area (TPSA) is 38.9 Å². The van der Waals surface area contributed by atoms with E-state index < -0.39 is 30.9 Å². The number of nitrogens with zero attached hydrogens (tertiary/aromatic N) is 2. The third kappa shape index (κ3) is 7.96. The number of para-hydroxylation sites is 1. The van der Waals surface area contributed by atoms with Crippen LogP contribution in [0.3, 0.4) is 0 Å². The van der Waals surface area contributed by atoms with Crippen LogP contribution in [-0.2, 0) is 26.5 Å². The smallest absolute Gasteiger partial charge is 0.120 e. The minimum atomic E-state index is -2.03. The Morgan fingerprint density at radius 2 is 1.64 bits per heavy atom. The van der Waals surface area contributed by atoms with Crippen molar-refractivity contribution in [1.82, 2.24) is 9.97 Å². The van der Waals surface area contributed by atoms with Crippen LogP contribution in [0.5, 0.6) is 0 Å². The Bertz CT molecular complexity index is 1990. The molecular formula is C39H42GeIrN2O-2. The van der Waals surface area contributed by atoms with Crippen LogP contribution >= 0.6 is 0 Å². The Kier molecular flexibility index (Phi) is 9.39. The average molecular weight is 823 g/mol. The van der Waals surface area contributed by atoms with Crippen LogP contribution in [-0.4, -0.2) is 23.2 Å². The van der Waals surface area contributed by atoms with E-state index in [1.165, 1.54) is 4.40 Å². The summed E-state index contributed by atoms with van der Waals surface area (Å²) in [7, 11) is 0. The first-order valence-electron chi connectivity index (χ1n) is 16.3. The molecule has 0 atom stereocenters. The van der Waals surface area contributed by atoms with Crippen molar-refractivity contribution in [1.29, 1.82) is 0 Å². The summed E-state index contributed by atoms with van der Waals surface area (Å²) < 4.78 is 32.9. The predicted octanol–water partition coefficient (Wildman–Crippen LogP) is 10.3. The van der Waals surface area contributed by atoms with Crippen LogP contribution in [0, 0.1) is 17.5 Å². The van der Waals surface area contributed by atoms with E-state index in [1.807, 2.05) is 108 Å². The van der Waals surface area contributed by atoms with Crippen molar-refractivity contribution in [2.45, 2.75) is 64.2 Å². The Labute approximate surface area is 283 Å². The summed E-state index contributed by atoms with van der Waals surface area (Å²) in [6.07, 6.45) is 2.18. The molecule has 3 nitrogen and oxygen atoms in total. The maximum Gasteiger partial charge on any atom is 0.120 e. The van der Waals surface area contributed by atoms with Gasteiger partial charge in [-0.2, -0.15) is 0 Å². The molecule has 1 radical (unpaired) electrons. The zero-order valence-corrected chi connectivity index (χ0v) is 31.3. The van der Waals surface area contributed by atoms with Gasteiger partial charge >= 0.3 is 120 Å². The van der Waals surface area contributed by atoms with E-state index in [2.05, 4.69) is 45.4 Å². The summed E-state index contributed by atoms with van der Waals surface area (Å²) in [4.78, 5) is 9.09. The van der Waals surface area contributed by atoms with Crippen molar-refractivity contribution in [3.63, 3.8) is 0 Å². The van der Waals surface area contributed by atoms with Crippen LogP contribution in [0.25, 0.3) is 44.5 Å². The largest absolute Gasteiger partial charge is 0.501 e. The summed E-state index contributed by atoms with van der Waals surface area (Å²) in [6, 6.07) is 31.7. The molecule has 3 aromatic carbocycles. The quantitative estimate of drug-likeness (QED) is 0.128. The van der Waals surface area contributed by atoms with E-state index in [0.29, 0.717) is 11.3 Å². The maximum absolute atomic E-state index is 8.53. The molecule has 0 saturated heterocycles. The van der Waals surface area contributed by atoms with Gasteiger partial charge in [-0.15, -0.1) is 18.2 Å². The molecule has 0 amide bonds. The standard InChI is InChI=1S/C22H20NO.C17H22GeN.Ir/c1-22(2,3)14-15-11-12-23-19(13-15)18-9-6-8-17-16-7-4-5-10-20(16)24-21(17)18;1-13(2)15-11-17(14-9-7-6-8-10-14)19-12-16(15)18(3,4)5;/h4-8,10-13H,14H2,1-3H3;6-9,11-13H,1-5H3;/q2*-1;/i14D2;13D;. The number of hydrogen-bond acceptors (Lipinski definition) is 3. The molecule has 0 fully saturated rings. The molecule has 3 aromatic heterocycles. The second-order valence-corrected chi connectivity index (χ2v) is 23.7. The van der Waals surface area contributed by atoms with Gasteiger partial charge in [0.25, 0.3) is 0 Å². The number of aromatic nitrogens is 2. The van der Waals surface area contributed by atoms with Crippen molar-refractivity contribution in [3.05, 3.63) is 115 Å². The fourth-order valence-electron chi connectivity index (χ4n) is 5.13. The van der Waals surface area contributed by atoms with Gasteiger partial charge in [0, 0.05) is 34.4 Å². The Morgan fingerprint density at radius 1 is 0.886 bits per heavy atom. The summed E-state index contributed by atoms with van der Waals surface area (Å²) in [6.45, 7) is 9.62. The number of furan rings is 1. The number of rotatable bonds is 5. The molecule has 0 aliphatic carbocycles. The molecule has 0 bridgehead atoms. The summed E-state index contributed by atoms with van der Waals surface area (Å²) in [5, 5.41) is 2.07. The zero-order valence-electron chi connectivity index (χ0n) is 29.8. The molecule has 3 heterocycles. The van der Waals surface area contributed by atoms with Gasteiger partial charge in [-0.25, -0.2) is 0 Å². The van der Waals surface area contributed by atoms with Crippen LogP contribution in [0.2, 0.25) is 17.3 Å². The Morgan fingerprint density at radius 3 is 2.32 bits per heavy atom. The van der Waals surface area contributed by atoms with Gasteiger partial charge in [0.05, 0.1) is 5.58 Å². The molecule has 0 N–H and O–H groups in total. The molecule has 0 aliphatic heterocycles. The van der Waals surface area contributed by atoms with Gasteiger partial charge in [-0.3, -0.25) is 0 Å². The number of pyridine rings is 2. The number of benzene rings is 3. The van der Waals surface area contributed by atoms with Gasteiger partial charge in [0.15, 0.2) is 0 Å². The Hall–Kier alpha value is -3.05. The third-order valence-electron chi connectivity index (χ3n) is 7.11. The molecule has 0 spiro atoms. The molecule has 6 aromatic rings. The minimum Gasteiger partial charge on any atom is -0.501 e.